The minimum atomic E-state index is -0.0465. The third-order valence-electron chi connectivity index (χ3n) is 4.10. The van der Waals surface area contributed by atoms with Crippen molar-refractivity contribution in [3.63, 3.8) is 0 Å². The van der Waals surface area contributed by atoms with Gasteiger partial charge in [0.05, 0.1) is 12.6 Å². The smallest absolute Gasteiger partial charge is 0.254 e. The van der Waals surface area contributed by atoms with Crippen molar-refractivity contribution in [3.05, 3.63) is 53.5 Å². The third-order valence-corrected chi connectivity index (χ3v) is 4.10. The predicted octanol–water partition coefficient (Wildman–Crippen LogP) is 3.42. The lowest BCUT2D eigenvalue weighted by Crippen LogP contribution is -2.25. The first-order valence-corrected chi connectivity index (χ1v) is 8.27. The zero-order valence-corrected chi connectivity index (χ0v) is 14.2. The molecule has 128 valence electrons. The van der Waals surface area contributed by atoms with Crippen LogP contribution in [0, 0.1) is 6.92 Å². The van der Waals surface area contributed by atoms with Gasteiger partial charge in [-0.1, -0.05) is 0 Å². The fraction of sp³-hybridized carbons (Fsp3) is 0.421. The lowest BCUT2D eigenvalue weighted by atomic mass is 10.2. The van der Waals surface area contributed by atoms with Gasteiger partial charge in [-0.2, -0.15) is 0 Å². The van der Waals surface area contributed by atoms with Gasteiger partial charge in [-0.3, -0.25) is 4.79 Å². The van der Waals surface area contributed by atoms with Crippen molar-refractivity contribution >= 4 is 5.91 Å². The van der Waals surface area contributed by atoms with E-state index in [-0.39, 0.29) is 12.0 Å². The van der Waals surface area contributed by atoms with E-state index in [1.54, 1.807) is 24.1 Å². The van der Waals surface area contributed by atoms with Crippen molar-refractivity contribution in [2.75, 3.05) is 20.3 Å². The van der Waals surface area contributed by atoms with Gasteiger partial charge in [0.15, 0.2) is 0 Å². The van der Waals surface area contributed by atoms with E-state index in [1.807, 2.05) is 31.2 Å². The number of amides is 1. The highest BCUT2D eigenvalue weighted by Gasteiger charge is 2.17. The first-order chi connectivity index (χ1) is 11.6. The van der Waals surface area contributed by atoms with E-state index in [2.05, 4.69) is 0 Å². The number of furan rings is 1. The molecule has 5 heteroatoms. The van der Waals surface area contributed by atoms with Crippen LogP contribution >= 0.6 is 0 Å². The Bertz CT molecular complexity index is 671. The van der Waals surface area contributed by atoms with E-state index >= 15 is 0 Å². The van der Waals surface area contributed by atoms with Crippen LogP contribution in [-0.2, 0) is 11.3 Å². The number of carbonyl (C=O) groups is 1. The molecule has 24 heavy (non-hydrogen) atoms. The first kappa shape index (κ1) is 16.6. The van der Waals surface area contributed by atoms with Gasteiger partial charge in [-0.05, 0) is 56.2 Å². The molecule has 1 amide bonds. The van der Waals surface area contributed by atoms with Crippen molar-refractivity contribution in [1.29, 1.82) is 0 Å². The van der Waals surface area contributed by atoms with Gasteiger partial charge < -0.3 is 18.8 Å². The van der Waals surface area contributed by atoms with E-state index in [9.17, 15) is 4.79 Å². The van der Waals surface area contributed by atoms with Crippen molar-refractivity contribution in [2.45, 2.75) is 32.4 Å². The molecule has 0 aliphatic carbocycles. The molecule has 0 unspecified atom stereocenters. The molecule has 1 fully saturated rings. The normalized spacial score (nSPS) is 17.0. The second-order valence-corrected chi connectivity index (χ2v) is 6.14. The average Bonchev–Trinajstić information content (AvgIpc) is 3.24. The van der Waals surface area contributed by atoms with Gasteiger partial charge in [0.1, 0.15) is 23.9 Å². The Morgan fingerprint density at radius 2 is 2.04 bits per heavy atom. The van der Waals surface area contributed by atoms with Crippen LogP contribution in [-0.4, -0.2) is 37.2 Å². The molecule has 1 aliphatic heterocycles. The van der Waals surface area contributed by atoms with E-state index in [1.165, 1.54) is 0 Å². The van der Waals surface area contributed by atoms with Crippen LogP contribution in [0.1, 0.15) is 34.7 Å². The van der Waals surface area contributed by atoms with Crippen molar-refractivity contribution in [2.24, 2.45) is 0 Å². The van der Waals surface area contributed by atoms with E-state index in [0.717, 1.165) is 36.7 Å². The second kappa shape index (κ2) is 7.53. The summed E-state index contributed by atoms with van der Waals surface area (Å²) in [6.45, 7) is 3.72. The maximum atomic E-state index is 12.5. The Balaban J connectivity index is 1.54. The van der Waals surface area contributed by atoms with Crippen LogP contribution in [0.3, 0.4) is 0 Å². The lowest BCUT2D eigenvalue weighted by molar-refractivity contribution is 0.0679. The monoisotopic (exact) mass is 329 g/mol. The fourth-order valence-electron chi connectivity index (χ4n) is 2.75. The molecule has 0 N–H and O–H groups in total. The SMILES string of the molecule is Cc1ccc(CN(C)C(=O)c2ccc(OC[C@@H]3CCCO3)cc2)o1. The number of aryl methyl sites for hydroxylation is 1. The molecule has 1 saturated heterocycles. The molecule has 0 spiro atoms. The Kier molecular flexibility index (Phi) is 5.20. The molecule has 1 aliphatic rings. The van der Waals surface area contributed by atoms with Crippen molar-refractivity contribution < 1.29 is 18.7 Å². The van der Waals surface area contributed by atoms with Crippen LogP contribution in [0.25, 0.3) is 0 Å². The molecule has 1 aromatic heterocycles. The molecule has 1 atom stereocenters. The minimum absolute atomic E-state index is 0.0465. The van der Waals surface area contributed by atoms with Crippen molar-refractivity contribution in [3.8, 4) is 5.75 Å². The highest BCUT2D eigenvalue weighted by atomic mass is 16.5. The van der Waals surface area contributed by atoms with E-state index in [4.69, 9.17) is 13.9 Å². The Morgan fingerprint density at radius 3 is 2.67 bits per heavy atom. The topological polar surface area (TPSA) is 51.9 Å². The Morgan fingerprint density at radius 1 is 1.25 bits per heavy atom. The summed E-state index contributed by atoms with van der Waals surface area (Å²) in [5.74, 6) is 2.33. The summed E-state index contributed by atoms with van der Waals surface area (Å²) in [5, 5.41) is 0. The molecular weight excluding hydrogens is 306 g/mol. The van der Waals surface area contributed by atoms with Gasteiger partial charge in [-0.15, -0.1) is 0 Å². The number of hydrogen-bond donors (Lipinski definition) is 0. The maximum absolute atomic E-state index is 12.5. The second-order valence-electron chi connectivity index (χ2n) is 6.14. The summed E-state index contributed by atoms with van der Waals surface area (Å²) in [7, 11) is 1.77. The molecule has 5 nitrogen and oxygen atoms in total. The Labute approximate surface area is 142 Å². The standard InChI is InChI=1S/C19H23NO4/c1-14-5-8-17(24-14)12-20(2)19(21)15-6-9-16(10-7-15)23-13-18-4-3-11-22-18/h5-10,18H,3-4,11-13H2,1-2H3/t18-/m0/s1. The third kappa shape index (κ3) is 4.17. The molecule has 3 rings (SSSR count). The quantitative estimate of drug-likeness (QED) is 0.815. The van der Waals surface area contributed by atoms with E-state index in [0.29, 0.717) is 18.7 Å². The highest BCUT2D eigenvalue weighted by molar-refractivity contribution is 5.94. The molecule has 1 aromatic carbocycles. The fourth-order valence-corrected chi connectivity index (χ4v) is 2.75. The van der Waals surface area contributed by atoms with Crippen LogP contribution < -0.4 is 4.74 Å². The summed E-state index contributed by atoms with van der Waals surface area (Å²) in [5.41, 5.74) is 0.630. The van der Waals surface area contributed by atoms with Gasteiger partial charge in [-0.25, -0.2) is 0 Å². The van der Waals surface area contributed by atoms with Gasteiger partial charge in [0, 0.05) is 19.2 Å². The number of rotatable bonds is 6. The first-order valence-electron chi connectivity index (χ1n) is 8.27. The number of carbonyl (C=O) groups excluding carboxylic acids is 1. The Hall–Kier alpha value is -2.27. The van der Waals surface area contributed by atoms with E-state index < -0.39 is 0 Å². The van der Waals surface area contributed by atoms with Gasteiger partial charge >= 0.3 is 0 Å². The summed E-state index contributed by atoms with van der Waals surface area (Å²) < 4.78 is 16.8. The van der Waals surface area contributed by atoms with Crippen LogP contribution in [0.4, 0.5) is 0 Å². The number of nitrogens with zero attached hydrogens (tertiary/aromatic N) is 1. The zero-order valence-electron chi connectivity index (χ0n) is 14.2. The molecule has 2 heterocycles. The maximum Gasteiger partial charge on any atom is 0.254 e. The van der Waals surface area contributed by atoms with Gasteiger partial charge in [0.2, 0.25) is 0 Å². The summed E-state index contributed by atoms with van der Waals surface area (Å²) in [4.78, 5) is 14.1. The van der Waals surface area contributed by atoms with Crippen LogP contribution in [0.5, 0.6) is 5.75 Å². The molecule has 0 radical (unpaired) electrons. The molecule has 0 bridgehead atoms. The molecule has 2 aromatic rings. The molecule has 0 saturated carbocycles. The summed E-state index contributed by atoms with van der Waals surface area (Å²) in [6, 6.07) is 11.0. The van der Waals surface area contributed by atoms with Crippen LogP contribution in [0.15, 0.2) is 40.8 Å². The lowest BCUT2D eigenvalue weighted by Gasteiger charge is -2.16. The summed E-state index contributed by atoms with van der Waals surface area (Å²) >= 11 is 0. The average molecular weight is 329 g/mol. The largest absolute Gasteiger partial charge is 0.491 e. The van der Waals surface area contributed by atoms with Crippen molar-refractivity contribution in [1.82, 2.24) is 4.90 Å². The zero-order chi connectivity index (χ0) is 16.9. The molecular formula is C19H23NO4. The number of benzene rings is 1. The van der Waals surface area contributed by atoms with Gasteiger partial charge in [0.25, 0.3) is 5.91 Å². The number of hydrogen-bond acceptors (Lipinski definition) is 4. The highest BCUT2D eigenvalue weighted by Crippen LogP contribution is 2.18. The van der Waals surface area contributed by atoms with Crippen LogP contribution in [0.2, 0.25) is 0 Å². The minimum Gasteiger partial charge on any atom is -0.491 e. The predicted molar refractivity (Wildman–Crippen MR) is 90.2 cm³/mol. The number of ether oxygens (including phenoxy) is 2. The summed E-state index contributed by atoms with van der Waals surface area (Å²) in [6.07, 6.45) is 2.34.